The summed E-state index contributed by atoms with van der Waals surface area (Å²) in [4.78, 5) is 12.0. The van der Waals surface area contributed by atoms with Crippen molar-refractivity contribution in [1.29, 1.82) is 0 Å². The molecule has 3 nitrogen and oxygen atoms in total. The minimum absolute atomic E-state index is 0.0195. The number of hydrogen-bond donors (Lipinski definition) is 1. The molecule has 1 aromatic carbocycles. The van der Waals surface area contributed by atoms with Crippen molar-refractivity contribution in [2.45, 2.75) is 6.42 Å². The number of carbonyl (C=O) groups excluding carboxylic acids is 1. The molecule has 15 heavy (non-hydrogen) atoms. The first-order chi connectivity index (χ1) is 7.20. The molecule has 0 fully saturated rings. The van der Waals surface area contributed by atoms with Crippen LogP contribution in [0.25, 0.3) is 0 Å². The lowest BCUT2D eigenvalue weighted by Gasteiger charge is -2.07. The summed E-state index contributed by atoms with van der Waals surface area (Å²) in [7, 11) is 1.33. The van der Waals surface area contributed by atoms with E-state index in [1.807, 2.05) is 0 Å². The molecule has 0 atom stereocenters. The van der Waals surface area contributed by atoms with Gasteiger partial charge >= 0.3 is 5.97 Å². The molecule has 1 aromatic rings. The van der Waals surface area contributed by atoms with Gasteiger partial charge in [-0.05, 0) is 6.07 Å². The summed E-state index contributed by atoms with van der Waals surface area (Å²) in [6.07, 6.45) is 0.378. The van der Waals surface area contributed by atoms with Gasteiger partial charge in [0, 0.05) is 23.5 Å². The van der Waals surface area contributed by atoms with Gasteiger partial charge in [-0.25, -0.2) is 4.79 Å². The molecule has 0 aliphatic heterocycles. The predicted molar refractivity (Wildman–Crippen MR) is 61.2 cm³/mol. The van der Waals surface area contributed by atoms with E-state index in [1.165, 1.54) is 7.11 Å². The number of benzene rings is 1. The summed E-state index contributed by atoms with van der Waals surface area (Å²) in [5, 5.41) is 8.78. The number of esters is 1. The lowest BCUT2D eigenvalue weighted by Crippen LogP contribution is -2.10. The third-order valence-corrected chi connectivity index (χ3v) is 2.40. The minimum atomic E-state index is -0.411. The van der Waals surface area contributed by atoms with Crippen molar-refractivity contribution in [1.82, 2.24) is 0 Å². The van der Waals surface area contributed by atoms with Gasteiger partial charge in [0.1, 0.15) is 0 Å². The fourth-order valence-corrected chi connectivity index (χ4v) is 1.52. The van der Waals surface area contributed by atoms with Crippen molar-refractivity contribution in [3.05, 3.63) is 35.4 Å². The van der Waals surface area contributed by atoms with Gasteiger partial charge in [0.15, 0.2) is 0 Å². The molecule has 1 N–H and O–H groups in total. The molecule has 0 heterocycles. The van der Waals surface area contributed by atoms with E-state index in [0.717, 1.165) is 0 Å². The molecule has 0 aliphatic rings. The molecule has 4 heteroatoms. The van der Waals surface area contributed by atoms with E-state index in [2.05, 4.69) is 4.74 Å². The number of aliphatic hydroxyl groups excluding tert-OH is 1. The van der Waals surface area contributed by atoms with Crippen molar-refractivity contribution >= 4 is 23.1 Å². The van der Waals surface area contributed by atoms with Crippen molar-refractivity contribution in [2.24, 2.45) is 0 Å². The number of carbonyl (C=O) groups is 1. The van der Waals surface area contributed by atoms with E-state index in [0.29, 0.717) is 22.4 Å². The fraction of sp³-hybridized carbons (Fsp3) is 0.273. The molecule has 0 spiro atoms. The quantitative estimate of drug-likeness (QED) is 0.479. The molecule has 0 aromatic heterocycles. The number of thiocarbonyl (C=S) groups is 1. The first-order valence-corrected chi connectivity index (χ1v) is 4.93. The lowest BCUT2D eigenvalue weighted by atomic mass is 10.0. The molecule has 0 saturated heterocycles. The molecular weight excluding hydrogens is 212 g/mol. The van der Waals surface area contributed by atoms with E-state index in [1.54, 1.807) is 24.3 Å². The SMILES string of the molecule is COC(=O)c1ccccc1C(=S)CCO. The Hall–Kier alpha value is -1.26. The van der Waals surface area contributed by atoms with Gasteiger partial charge in [-0.2, -0.15) is 0 Å². The van der Waals surface area contributed by atoms with Crippen LogP contribution in [0.5, 0.6) is 0 Å². The Morgan fingerprint density at radius 1 is 1.40 bits per heavy atom. The first kappa shape index (κ1) is 11.8. The van der Waals surface area contributed by atoms with Crippen LogP contribution in [-0.2, 0) is 4.74 Å². The molecule has 0 aliphatic carbocycles. The Bertz CT molecular complexity index is 374. The van der Waals surface area contributed by atoms with Crippen LogP contribution in [0.2, 0.25) is 0 Å². The summed E-state index contributed by atoms with van der Waals surface area (Å²) in [6.45, 7) is -0.0195. The van der Waals surface area contributed by atoms with E-state index >= 15 is 0 Å². The van der Waals surface area contributed by atoms with Gasteiger partial charge in [0.25, 0.3) is 0 Å². The van der Waals surface area contributed by atoms with Crippen molar-refractivity contribution in [2.75, 3.05) is 13.7 Å². The largest absolute Gasteiger partial charge is 0.465 e. The highest BCUT2D eigenvalue weighted by atomic mass is 32.1. The first-order valence-electron chi connectivity index (χ1n) is 4.52. The summed E-state index contributed by atoms with van der Waals surface area (Å²) >= 11 is 5.11. The number of ether oxygens (including phenoxy) is 1. The second-order valence-corrected chi connectivity index (χ2v) is 3.43. The Morgan fingerprint density at radius 3 is 2.53 bits per heavy atom. The standard InChI is InChI=1S/C11H12O3S/c1-14-11(13)9-5-3-2-4-8(9)10(15)6-7-12/h2-5,12H,6-7H2,1H3. The van der Waals surface area contributed by atoms with Crippen LogP contribution in [0.1, 0.15) is 22.3 Å². The van der Waals surface area contributed by atoms with Crippen LogP contribution < -0.4 is 0 Å². The third-order valence-electron chi connectivity index (χ3n) is 1.97. The zero-order valence-electron chi connectivity index (χ0n) is 8.40. The summed E-state index contributed by atoms with van der Waals surface area (Å²) < 4.78 is 4.64. The van der Waals surface area contributed by atoms with E-state index < -0.39 is 5.97 Å². The van der Waals surface area contributed by atoms with Crippen molar-refractivity contribution < 1.29 is 14.6 Å². The molecule has 80 valence electrons. The van der Waals surface area contributed by atoms with Crippen LogP contribution in [0.3, 0.4) is 0 Å². The average molecular weight is 224 g/mol. The lowest BCUT2D eigenvalue weighted by molar-refractivity contribution is 0.0600. The summed E-state index contributed by atoms with van der Waals surface area (Å²) in [5.74, 6) is -0.411. The second kappa shape index (κ2) is 5.58. The maximum Gasteiger partial charge on any atom is 0.338 e. The molecule has 0 unspecified atom stereocenters. The smallest absolute Gasteiger partial charge is 0.338 e. The van der Waals surface area contributed by atoms with E-state index in [9.17, 15) is 4.79 Å². The molecule has 1 rings (SSSR count). The van der Waals surface area contributed by atoms with Gasteiger partial charge in [-0.3, -0.25) is 0 Å². The summed E-state index contributed by atoms with van der Waals surface area (Å²) in [6, 6.07) is 6.96. The highest BCUT2D eigenvalue weighted by molar-refractivity contribution is 7.80. The van der Waals surface area contributed by atoms with Crippen LogP contribution >= 0.6 is 12.2 Å². The Morgan fingerprint density at radius 2 is 2.00 bits per heavy atom. The maximum atomic E-state index is 11.4. The number of aliphatic hydroxyl groups is 1. The van der Waals surface area contributed by atoms with Crippen LogP contribution in [0, 0.1) is 0 Å². The van der Waals surface area contributed by atoms with Gasteiger partial charge in [0.2, 0.25) is 0 Å². The van der Waals surface area contributed by atoms with Gasteiger partial charge in [-0.1, -0.05) is 30.4 Å². The zero-order chi connectivity index (χ0) is 11.3. The molecule has 0 amide bonds. The van der Waals surface area contributed by atoms with E-state index in [4.69, 9.17) is 17.3 Å². The van der Waals surface area contributed by atoms with Crippen molar-refractivity contribution in [3.8, 4) is 0 Å². The van der Waals surface area contributed by atoms with Crippen LogP contribution in [0.15, 0.2) is 24.3 Å². The monoisotopic (exact) mass is 224 g/mol. The Balaban J connectivity index is 3.06. The van der Waals surface area contributed by atoms with Gasteiger partial charge in [-0.15, -0.1) is 0 Å². The van der Waals surface area contributed by atoms with E-state index in [-0.39, 0.29) is 6.61 Å². The predicted octanol–water partition coefficient (Wildman–Crippen LogP) is 1.57. The zero-order valence-corrected chi connectivity index (χ0v) is 9.21. The van der Waals surface area contributed by atoms with Crippen LogP contribution in [-0.4, -0.2) is 29.7 Å². The molecule has 0 radical (unpaired) electrons. The number of methoxy groups -OCH3 is 1. The molecule has 0 saturated carbocycles. The van der Waals surface area contributed by atoms with Gasteiger partial charge < -0.3 is 9.84 Å². The normalized spacial score (nSPS) is 9.73. The molecule has 0 bridgehead atoms. The molecular formula is C11H12O3S. The number of hydrogen-bond acceptors (Lipinski definition) is 4. The topological polar surface area (TPSA) is 46.5 Å². The Kier molecular flexibility index (Phi) is 4.39. The Labute approximate surface area is 93.7 Å². The van der Waals surface area contributed by atoms with Crippen LogP contribution in [0.4, 0.5) is 0 Å². The fourth-order valence-electron chi connectivity index (χ4n) is 1.25. The number of rotatable bonds is 4. The average Bonchev–Trinajstić information content (AvgIpc) is 2.28. The second-order valence-electron chi connectivity index (χ2n) is 2.93. The van der Waals surface area contributed by atoms with Crippen molar-refractivity contribution in [3.63, 3.8) is 0 Å². The third kappa shape index (κ3) is 2.84. The maximum absolute atomic E-state index is 11.4. The summed E-state index contributed by atoms with van der Waals surface area (Å²) in [5.41, 5.74) is 1.10. The highest BCUT2D eigenvalue weighted by Crippen LogP contribution is 2.13. The van der Waals surface area contributed by atoms with Gasteiger partial charge in [0.05, 0.1) is 12.7 Å². The minimum Gasteiger partial charge on any atom is -0.465 e. The highest BCUT2D eigenvalue weighted by Gasteiger charge is 2.13.